The number of rotatable bonds is 0. The number of ether oxygens (including phenoxy) is 1. The van der Waals surface area contributed by atoms with Crippen molar-refractivity contribution in [2.24, 2.45) is 0 Å². The highest BCUT2D eigenvalue weighted by Crippen LogP contribution is 2.26. The van der Waals surface area contributed by atoms with Crippen molar-refractivity contribution in [3.8, 4) is 11.8 Å². The van der Waals surface area contributed by atoms with Gasteiger partial charge in [-0.3, -0.25) is 0 Å². The average molecular weight is 159 g/mol. The van der Waals surface area contributed by atoms with Crippen molar-refractivity contribution in [1.29, 1.82) is 5.26 Å². The van der Waals surface area contributed by atoms with E-state index in [1.54, 1.807) is 0 Å². The highest BCUT2D eigenvalue weighted by atomic mass is 16.5. The van der Waals surface area contributed by atoms with Crippen molar-refractivity contribution in [3.63, 3.8) is 0 Å². The fourth-order valence-electron chi connectivity index (χ4n) is 1.49. The van der Waals surface area contributed by atoms with Crippen molar-refractivity contribution >= 4 is 0 Å². The summed E-state index contributed by atoms with van der Waals surface area (Å²) in [5.41, 5.74) is 1.83. The van der Waals surface area contributed by atoms with E-state index in [4.69, 9.17) is 10.00 Å². The Balaban J connectivity index is 2.53. The molecule has 60 valence electrons. The number of hydrogen-bond acceptors (Lipinski definition) is 2. The first-order chi connectivity index (χ1) is 5.92. The van der Waals surface area contributed by atoms with Crippen molar-refractivity contribution < 1.29 is 4.74 Å². The van der Waals surface area contributed by atoms with Crippen LogP contribution in [0.2, 0.25) is 0 Å². The molecule has 12 heavy (non-hydrogen) atoms. The van der Waals surface area contributed by atoms with Gasteiger partial charge in [-0.1, -0.05) is 6.07 Å². The summed E-state index contributed by atoms with van der Waals surface area (Å²) >= 11 is 0. The Morgan fingerprint density at radius 1 is 1.42 bits per heavy atom. The maximum atomic E-state index is 8.79. The molecule has 1 aliphatic heterocycles. The summed E-state index contributed by atoms with van der Waals surface area (Å²) < 4.78 is 5.41. The summed E-state index contributed by atoms with van der Waals surface area (Å²) in [4.78, 5) is 0. The van der Waals surface area contributed by atoms with Crippen LogP contribution in [0.1, 0.15) is 17.5 Å². The molecular formula is C10H9NO. The zero-order chi connectivity index (χ0) is 8.39. The maximum Gasteiger partial charge on any atom is 0.123 e. The molecule has 1 aromatic carbocycles. The number of fused-ring (bicyclic) bond motifs is 1. The molecule has 0 saturated carbocycles. The van der Waals surface area contributed by atoms with Gasteiger partial charge < -0.3 is 4.74 Å². The summed E-state index contributed by atoms with van der Waals surface area (Å²) in [6.07, 6.45) is 1.99. The lowest BCUT2D eigenvalue weighted by molar-refractivity contribution is 0.288. The lowest BCUT2D eigenvalue weighted by Crippen LogP contribution is -2.09. The van der Waals surface area contributed by atoms with Gasteiger partial charge in [-0.15, -0.1) is 0 Å². The molecule has 0 aliphatic carbocycles. The third-order valence-electron chi connectivity index (χ3n) is 2.08. The fourth-order valence-corrected chi connectivity index (χ4v) is 1.49. The minimum atomic E-state index is 0.757. The first kappa shape index (κ1) is 7.17. The summed E-state index contributed by atoms with van der Waals surface area (Å²) in [6, 6.07) is 7.81. The second kappa shape index (κ2) is 2.86. The molecule has 0 atom stereocenters. The van der Waals surface area contributed by atoms with Crippen molar-refractivity contribution in [2.75, 3.05) is 6.61 Å². The van der Waals surface area contributed by atoms with E-state index in [1.165, 1.54) is 0 Å². The Kier molecular flexibility index (Phi) is 1.71. The summed E-state index contributed by atoms with van der Waals surface area (Å²) in [6.45, 7) is 0.780. The van der Waals surface area contributed by atoms with Crippen LogP contribution < -0.4 is 4.74 Å². The van der Waals surface area contributed by atoms with Crippen LogP contribution in [0.25, 0.3) is 0 Å². The van der Waals surface area contributed by atoms with Crippen LogP contribution in [0, 0.1) is 11.3 Å². The van der Waals surface area contributed by atoms with E-state index in [0.29, 0.717) is 0 Å². The Morgan fingerprint density at radius 3 is 3.17 bits per heavy atom. The van der Waals surface area contributed by atoms with Gasteiger partial charge in [0.2, 0.25) is 0 Å². The average Bonchev–Trinajstić information content (AvgIpc) is 2.17. The zero-order valence-electron chi connectivity index (χ0n) is 6.71. The van der Waals surface area contributed by atoms with Crippen molar-refractivity contribution in [1.82, 2.24) is 0 Å². The third kappa shape index (κ3) is 1.04. The molecule has 0 amide bonds. The van der Waals surface area contributed by atoms with Gasteiger partial charge in [0.1, 0.15) is 5.75 Å². The highest BCUT2D eigenvalue weighted by Gasteiger charge is 2.12. The molecule has 0 aromatic heterocycles. The molecule has 0 spiro atoms. The number of benzene rings is 1. The third-order valence-corrected chi connectivity index (χ3v) is 2.08. The van der Waals surface area contributed by atoms with Gasteiger partial charge in [-0.2, -0.15) is 5.26 Å². The van der Waals surface area contributed by atoms with Crippen molar-refractivity contribution in [2.45, 2.75) is 12.8 Å². The summed E-state index contributed by atoms with van der Waals surface area (Å²) in [7, 11) is 0. The SMILES string of the molecule is N#Cc1cccc2c1CCCO2. The summed E-state index contributed by atoms with van der Waals surface area (Å²) in [5.74, 6) is 0.889. The molecule has 1 aromatic rings. The van der Waals surface area contributed by atoms with Crippen LogP contribution in [0.5, 0.6) is 5.75 Å². The molecule has 0 radical (unpaired) electrons. The van der Waals surface area contributed by atoms with Gasteiger partial charge in [0.15, 0.2) is 0 Å². The molecule has 0 fully saturated rings. The van der Waals surface area contributed by atoms with E-state index in [2.05, 4.69) is 6.07 Å². The fraction of sp³-hybridized carbons (Fsp3) is 0.300. The molecule has 0 N–H and O–H groups in total. The second-order valence-corrected chi connectivity index (χ2v) is 2.85. The molecular weight excluding hydrogens is 150 g/mol. The van der Waals surface area contributed by atoms with E-state index >= 15 is 0 Å². The van der Waals surface area contributed by atoms with Gasteiger partial charge >= 0.3 is 0 Å². The normalized spacial score (nSPS) is 14.2. The largest absolute Gasteiger partial charge is 0.493 e. The molecule has 0 unspecified atom stereocenters. The first-order valence-electron chi connectivity index (χ1n) is 4.06. The quantitative estimate of drug-likeness (QED) is 0.579. The van der Waals surface area contributed by atoms with Crippen molar-refractivity contribution in [3.05, 3.63) is 29.3 Å². The second-order valence-electron chi connectivity index (χ2n) is 2.85. The first-order valence-corrected chi connectivity index (χ1v) is 4.06. The predicted octanol–water partition coefficient (Wildman–Crippen LogP) is 1.88. The van der Waals surface area contributed by atoms with Gasteiger partial charge in [-0.05, 0) is 25.0 Å². The van der Waals surface area contributed by atoms with Crippen LogP contribution in [-0.2, 0) is 6.42 Å². The van der Waals surface area contributed by atoms with Gasteiger partial charge in [0.25, 0.3) is 0 Å². The molecule has 2 nitrogen and oxygen atoms in total. The Labute approximate surface area is 71.4 Å². The Bertz CT molecular complexity index is 338. The number of hydrogen-bond donors (Lipinski definition) is 0. The van der Waals surface area contributed by atoms with Crippen LogP contribution in [0.15, 0.2) is 18.2 Å². The monoisotopic (exact) mass is 159 g/mol. The topological polar surface area (TPSA) is 33.0 Å². The van der Waals surface area contributed by atoms with Gasteiger partial charge in [0.05, 0.1) is 18.2 Å². The minimum absolute atomic E-state index is 0.757. The van der Waals surface area contributed by atoms with E-state index in [9.17, 15) is 0 Å². The molecule has 0 saturated heterocycles. The lowest BCUT2D eigenvalue weighted by Gasteiger charge is -2.17. The van der Waals surface area contributed by atoms with Gasteiger partial charge in [0, 0.05) is 5.56 Å². The highest BCUT2D eigenvalue weighted by molar-refractivity contribution is 5.47. The van der Waals surface area contributed by atoms with E-state index in [-0.39, 0.29) is 0 Å². The molecule has 0 bridgehead atoms. The van der Waals surface area contributed by atoms with Crippen LogP contribution in [0.4, 0.5) is 0 Å². The predicted molar refractivity (Wildman–Crippen MR) is 45.0 cm³/mol. The molecule has 1 heterocycles. The number of nitriles is 1. The number of nitrogens with zero attached hydrogens (tertiary/aromatic N) is 1. The molecule has 2 heteroatoms. The zero-order valence-corrected chi connectivity index (χ0v) is 6.71. The van der Waals surface area contributed by atoms with Crippen LogP contribution in [0.3, 0.4) is 0 Å². The van der Waals surface area contributed by atoms with Crippen LogP contribution >= 0.6 is 0 Å². The Hall–Kier alpha value is -1.49. The summed E-state index contributed by atoms with van der Waals surface area (Å²) in [5, 5.41) is 8.79. The van der Waals surface area contributed by atoms with E-state index < -0.39 is 0 Å². The van der Waals surface area contributed by atoms with Crippen LogP contribution in [-0.4, -0.2) is 6.61 Å². The Morgan fingerprint density at radius 2 is 2.33 bits per heavy atom. The lowest BCUT2D eigenvalue weighted by atomic mass is 10.0. The standard InChI is InChI=1S/C10H9NO/c11-7-8-3-1-5-10-9(8)4-2-6-12-10/h1,3,5H,2,4,6H2. The molecule has 2 rings (SSSR count). The van der Waals surface area contributed by atoms with Gasteiger partial charge in [-0.25, -0.2) is 0 Å². The van der Waals surface area contributed by atoms with E-state index in [0.717, 1.165) is 36.3 Å². The maximum absolute atomic E-state index is 8.79. The minimum Gasteiger partial charge on any atom is -0.493 e. The van der Waals surface area contributed by atoms with E-state index in [1.807, 2.05) is 18.2 Å². The molecule has 1 aliphatic rings. The smallest absolute Gasteiger partial charge is 0.123 e.